The van der Waals surface area contributed by atoms with Gasteiger partial charge in [0.25, 0.3) is 5.91 Å². The Labute approximate surface area is 126 Å². The van der Waals surface area contributed by atoms with Gasteiger partial charge in [0.05, 0.1) is 12.7 Å². The summed E-state index contributed by atoms with van der Waals surface area (Å²) in [5, 5.41) is 11.1. The molecule has 1 N–H and O–H groups in total. The molecule has 0 fully saturated rings. The van der Waals surface area contributed by atoms with E-state index in [0.717, 1.165) is 0 Å². The van der Waals surface area contributed by atoms with Crippen molar-refractivity contribution in [2.75, 3.05) is 6.54 Å². The summed E-state index contributed by atoms with van der Waals surface area (Å²) in [6.07, 6.45) is 1.46. The standard InChI is InChI=1S/C14H16N2O4S/c1-3-16(9(2)7-12(17)18)14(19)10-8-21-13(15-10)11-5-4-6-20-11/h4-6,8-9H,3,7H2,1-2H3,(H,17,18). The minimum atomic E-state index is -0.927. The highest BCUT2D eigenvalue weighted by atomic mass is 32.1. The van der Waals surface area contributed by atoms with E-state index >= 15 is 0 Å². The Morgan fingerprint density at radius 2 is 2.29 bits per heavy atom. The number of carboxylic acid groups (broad SMARTS) is 1. The van der Waals surface area contributed by atoms with Crippen molar-refractivity contribution in [2.24, 2.45) is 0 Å². The molecule has 0 aliphatic carbocycles. The van der Waals surface area contributed by atoms with Crippen LogP contribution in [0, 0.1) is 0 Å². The lowest BCUT2D eigenvalue weighted by Gasteiger charge is -2.26. The molecule has 2 rings (SSSR count). The molecule has 0 saturated carbocycles. The Morgan fingerprint density at radius 1 is 1.52 bits per heavy atom. The minimum Gasteiger partial charge on any atom is -0.481 e. The van der Waals surface area contributed by atoms with E-state index in [0.29, 0.717) is 23.0 Å². The zero-order valence-corrected chi connectivity index (χ0v) is 12.6. The Bertz CT molecular complexity index is 621. The van der Waals surface area contributed by atoms with E-state index in [1.54, 1.807) is 30.7 Å². The molecular weight excluding hydrogens is 292 g/mol. The first-order valence-electron chi connectivity index (χ1n) is 6.55. The van der Waals surface area contributed by atoms with Gasteiger partial charge in [-0.25, -0.2) is 4.98 Å². The predicted octanol–water partition coefficient (Wildman–Crippen LogP) is 2.73. The average Bonchev–Trinajstić information content (AvgIpc) is 3.09. The number of carboxylic acids is 1. The van der Waals surface area contributed by atoms with Gasteiger partial charge in [-0.1, -0.05) is 0 Å². The topological polar surface area (TPSA) is 83.6 Å². The number of furan rings is 1. The molecule has 0 aromatic carbocycles. The molecule has 1 atom stereocenters. The molecule has 0 radical (unpaired) electrons. The summed E-state index contributed by atoms with van der Waals surface area (Å²) in [6, 6.07) is 3.15. The summed E-state index contributed by atoms with van der Waals surface area (Å²) in [5.74, 6) is -0.579. The molecule has 1 amide bonds. The third kappa shape index (κ3) is 3.49. The van der Waals surface area contributed by atoms with Crippen molar-refractivity contribution in [1.29, 1.82) is 0 Å². The fourth-order valence-corrected chi connectivity index (χ4v) is 2.81. The normalized spacial score (nSPS) is 12.1. The van der Waals surface area contributed by atoms with Crippen LogP contribution in [0.2, 0.25) is 0 Å². The van der Waals surface area contributed by atoms with E-state index in [1.165, 1.54) is 16.2 Å². The number of aliphatic carboxylic acids is 1. The van der Waals surface area contributed by atoms with Crippen molar-refractivity contribution >= 4 is 23.2 Å². The van der Waals surface area contributed by atoms with Gasteiger partial charge in [0.1, 0.15) is 5.69 Å². The van der Waals surface area contributed by atoms with E-state index in [9.17, 15) is 9.59 Å². The number of carbonyl (C=O) groups is 2. The van der Waals surface area contributed by atoms with E-state index < -0.39 is 5.97 Å². The lowest BCUT2D eigenvalue weighted by molar-refractivity contribution is -0.138. The van der Waals surface area contributed by atoms with Crippen molar-refractivity contribution in [3.05, 3.63) is 29.5 Å². The molecule has 21 heavy (non-hydrogen) atoms. The van der Waals surface area contributed by atoms with Crippen LogP contribution in [0.25, 0.3) is 10.8 Å². The number of nitrogens with zero attached hydrogens (tertiary/aromatic N) is 2. The third-order valence-electron chi connectivity index (χ3n) is 3.06. The van der Waals surface area contributed by atoms with Crippen molar-refractivity contribution < 1.29 is 19.1 Å². The summed E-state index contributed by atoms with van der Waals surface area (Å²) >= 11 is 1.32. The van der Waals surface area contributed by atoms with Gasteiger partial charge in [0.15, 0.2) is 10.8 Å². The first kappa shape index (κ1) is 15.2. The fourth-order valence-electron chi connectivity index (χ4n) is 2.05. The SMILES string of the molecule is CCN(C(=O)c1csc(-c2ccco2)n1)C(C)CC(=O)O. The number of aromatic nitrogens is 1. The first-order valence-corrected chi connectivity index (χ1v) is 7.43. The second-order valence-electron chi connectivity index (χ2n) is 4.55. The van der Waals surface area contributed by atoms with Gasteiger partial charge in [0, 0.05) is 18.0 Å². The summed E-state index contributed by atoms with van der Waals surface area (Å²) in [7, 11) is 0. The lowest BCUT2D eigenvalue weighted by Crippen LogP contribution is -2.39. The van der Waals surface area contributed by atoms with Crippen LogP contribution in [0.5, 0.6) is 0 Å². The molecule has 2 heterocycles. The number of amides is 1. The average molecular weight is 308 g/mol. The molecule has 0 bridgehead atoms. The van der Waals surface area contributed by atoms with Crippen LogP contribution < -0.4 is 0 Å². The monoisotopic (exact) mass is 308 g/mol. The zero-order chi connectivity index (χ0) is 15.4. The Kier molecular flexibility index (Phi) is 4.74. The van der Waals surface area contributed by atoms with Crippen molar-refractivity contribution in [2.45, 2.75) is 26.3 Å². The number of rotatable bonds is 6. The van der Waals surface area contributed by atoms with Gasteiger partial charge in [-0.15, -0.1) is 11.3 Å². The number of hydrogen-bond donors (Lipinski definition) is 1. The van der Waals surface area contributed by atoms with Crippen molar-refractivity contribution in [3.63, 3.8) is 0 Å². The number of hydrogen-bond acceptors (Lipinski definition) is 5. The van der Waals surface area contributed by atoms with Gasteiger partial charge in [0.2, 0.25) is 0 Å². The highest BCUT2D eigenvalue weighted by Crippen LogP contribution is 2.24. The maximum Gasteiger partial charge on any atom is 0.305 e. The third-order valence-corrected chi connectivity index (χ3v) is 3.92. The molecule has 6 nitrogen and oxygen atoms in total. The number of carbonyl (C=O) groups excluding carboxylic acids is 1. The summed E-state index contributed by atoms with van der Waals surface area (Å²) in [6.45, 7) is 3.96. The van der Waals surface area contributed by atoms with E-state index in [4.69, 9.17) is 9.52 Å². The molecule has 112 valence electrons. The Hall–Kier alpha value is -2.15. The molecule has 0 spiro atoms. The first-order chi connectivity index (χ1) is 10.0. The zero-order valence-electron chi connectivity index (χ0n) is 11.8. The van der Waals surface area contributed by atoms with Crippen LogP contribution in [0.1, 0.15) is 30.8 Å². The van der Waals surface area contributed by atoms with Crippen molar-refractivity contribution in [1.82, 2.24) is 9.88 Å². The van der Waals surface area contributed by atoms with Crippen LogP contribution in [0.3, 0.4) is 0 Å². The van der Waals surface area contributed by atoms with E-state index in [1.807, 2.05) is 6.92 Å². The van der Waals surface area contributed by atoms with Gasteiger partial charge in [-0.2, -0.15) is 0 Å². The molecule has 1 unspecified atom stereocenters. The quantitative estimate of drug-likeness (QED) is 0.887. The van der Waals surface area contributed by atoms with Crippen LogP contribution in [0.15, 0.2) is 28.2 Å². The summed E-state index contributed by atoms with van der Waals surface area (Å²) in [5.41, 5.74) is 0.311. The predicted molar refractivity (Wildman–Crippen MR) is 78.2 cm³/mol. The highest BCUT2D eigenvalue weighted by Gasteiger charge is 2.24. The van der Waals surface area contributed by atoms with Gasteiger partial charge in [-0.3, -0.25) is 9.59 Å². The van der Waals surface area contributed by atoms with Crippen LogP contribution in [-0.2, 0) is 4.79 Å². The minimum absolute atomic E-state index is 0.0885. The van der Waals surface area contributed by atoms with Crippen LogP contribution in [-0.4, -0.2) is 39.5 Å². The molecule has 2 aromatic heterocycles. The largest absolute Gasteiger partial charge is 0.481 e. The second-order valence-corrected chi connectivity index (χ2v) is 5.41. The molecule has 2 aromatic rings. The Morgan fingerprint density at radius 3 is 2.86 bits per heavy atom. The molecule has 7 heteroatoms. The number of thiazole rings is 1. The lowest BCUT2D eigenvalue weighted by atomic mass is 10.2. The van der Waals surface area contributed by atoms with E-state index in [2.05, 4.69) is 4.98 Å². The molecule has 0 aliphatic rings. The maximum atomic E-state index is 12.4. The van der Waals surface area contributed by atoms with E-state index in [-0.39, 0.29) is 18.4 Å². The van der Waals surface area contributed by atoms with Gasteiger partial charge < -0.3 is 14.4 Å². The van der Waals surface area contributed by atoms with Crippen LogP contribution >= 0.6 is 11.3 Å². The summed E-state index contributed by atoms with van der Waals surface area (Å²) < 4.78 is 5.24. The fraction of sp³-hybridized carbons (Fsp3) is 0.357. The van der Waals surface area contributed by atoms with Gasteiger partial charge >= 0.3 is 5.97 Å². The molecule has 0 aliphatic heterocycles. The molecular formula is C14H16N2O4S. The molecule has 0 saturated heterocycles. The smallest absolute Gasteiger partial charge is 0.305 e. The Balaban J connectivity index is 2.16. The maximum absolute atomic E-state index is 12.4. The van der Waals surface area contributed by atoms with Gasteiger partial charge in [-0.05, 0) is 26.0 Å². The highest BCUT2D eigenvalue weighted by molar-refractivity contribution is 7.13. The second kappa shape index (κ2) is 6.53. The van der Waals surface area contributed by atoms with Crippen LogP contribution in [0.4, 0.5) is 0 Å². The van der Waals surface area contributed by atoms with Crippen molar-refractivity contribution in [3.8, 4) is 10.8 Å². The summed E-state index contributed by atoms with van der Waals surface area (Å²) in [4.78, 5) is 29.0.